The van der Waals surface area contributed by atoms with Gasteiger partial charge in [0.25, 0.3) is 0 Å². The lowest BCUT2D eigenvalue weighted by molar-refractivity contribution is 0.632. The van der Waals surface area contributed by atoms with Crippen LogP contribution in [0.3, 0.4) is 0 Å². The standard InChI is InChI=1S/C13H19NS2/c1-10(2)6-7-16-9-11-4-3-5-12(8-11)13(14)15/h3-5,8,10H,6-7,9H2,1-2H3,(H2,14,15). The molecule has 1 rings (SSSR count). The predicted octanol–water partition coefficient (Wildman–Crippen LogP) is 3.60. The van der Waals surface area contributed by atoms with Gasteiger partial charge in [-0.05, 0) is 29.7 Å². The van der Waals surface area contributed by atoms with E-state index in [0.717, 1.165) is 17.2 Å². The number of hydrogen-bond donors (Lipinski definition) is 1. The normalized spacial score (nSPS) is 10.7. The first-order valence-electron chi connectivity index (χ1n) is 5.56. The Kier molecular flexibility index (Phi) is 5.85. The fraction of sp³-hybridized carbons (Fsp3) is 0.462. The first-order chi connectivity index (χ1) is 7.59. The van der Waals surface area contributed by atoms with E-state index in [2.05, 4.69) is 26.0 Å². The Hall–Kier alpha value is -0.540. The summed E-state index contributed by atoms with van der Waals surface area (Å²) in [6.07, 6.45) is 1.28. The molecule has 0 saturated carbocycles. The third kappa shape index (κ3) is 4.99. The van der Waals surface area contributed by atoms with Gasteiger partial charge in [0.1, 0.15) is 4.99 Å². The van der Waals surface area contributed by atoms with E-state index in [4.69, 9.17) is 18.0 Å². The van der Waals surface area contributed by atoms with Crippen molar-refractivity contribution in [3.8, 4) is 0 Å². The van der Waals surface area contributed by atoms with Crippen molar-refractivity contribution in [1.82, 2.24) is 0 Å². The van der Waals surface area contributed by atoms with E-state index in [1.54, 1.807) is 0 Å². The highest BCUT2D eigenvalue weighted by Gasteiger charge is 1.99. The lowest BCUT2D eigenvalue weighted by Gasteiger charge is -2.06. The lowest BCUT2D eigenvalue weighted by Crippen LogP contribution is -2.09. The number of rotatable bonds is 6. The summed E-state index contributed by atoms with van der Waals surface area (Å²) in [4.78, 5) is 0.481. The molecule has 0 amide bonds. The molecule has 0 heterocycles. The molecule has 0 fully saturated rings. The molecule has 1 nitrogen and oxygen atoms in total. The molecule has 0 radical (unpaired) electrons. The Morgan fingerprint density at radius 1 is 1.44 bits per heavy atom. The van der Waals surface area contributed by atoms with Gasteiger partial charge in [-0.15, -0.1) is 0 Å². The third-order valence-corrected chi connectivity index (χ3v) is 3.62. The molecule has 1 aromatic carbocycles. The Labute approximate surface area is 108 Å². The Morgan fingerprint density at radius 2 is 2.19 bits per heavy atom. The number of nitrogens with two attached hydrogens (primary N) is 1. The van der Waals surface area contributed by atoms with E-state index in [0.29, 0.717) is 4.99 Å². The maximum absolute atomic E-state index is 5.60. The summed E-state index contributed by atoms with van der Waals surface area (Å²) in [5.41, 5.74) is 7.88. The van der Waals surface area contributed by atoms with Crippen molar-refractivity contribution in [2.75, 3.05) is 5.75 Å². The molecule has 0 aliphatic carbocycles. The van der Waals surface area contributed by atoms with Crippen LogP contribution < -0.4 is 5.73 Å². The van der Waals surface area contributed by atoms with Crippen molar-refractivity contribution in [3.05, 3.63) is 35.4 Å². The number of thiocarbonyl (C=S) groups is 1. The van der Waals surface area contributed by atoms with Crippen LogP contribution in [0, 0.1) is 5.92 Å². The fourth-order valence-corrected chi connectivity index (χ4v) is 2.65. The fourth-order valence-electron chi connectivity index (χ4n) is 1.32. The van der Waals surface area contributed by atoms with Crippen LogP contribution in [0.1, 0.15) is 31.4 Å². The van der Waals surface area contributed by atoms with Gasteiger partial charge in [0, 0.05) is 11.3 Å². The molecule has 0 bridgehead atoms. The van der Waals surface area contributed by atoms with Crippen molar-refractivity contribution >= 4 is 29.0 Å². The van der Waals surface area contributed by atoms with Crippen LogP contribution in [0.15, 0.2) is 24.3 Å². The van der Waals surface area contributed by atoms with Gasteiger partial charge in [0.05, 0.1) is 0 Å². The molecule has 0 atom stereocenters. The first kappa shape index (κ1) is 13.5. The number of benzene rings is 1. The highest BCUT2D eigenvalue weighted by Crippen LogP contribution is 2.16. The van der Waals surface area contributed by atoms with Gasteiger partial charge in [-0.2, -0.15) is 11.8 Å². The molecule has 16 heavy (non-hydrogen) atoms. The van der Waals surface area contributed by atoms with Crippen LogP contribution in [0.25, 0.3) is 0 Å². The minimum Gasteiger partial charge on any atom is -0.389 e. The van der Waals surface area contributed by atoms with Gasteiger partial charge in [-0.1, -0.05) is 44.3 Å². The van der Waals surface area contributed by atoms with Gasteiger partial charge >= 0.3 is 0 Å². The van der Waals surface area contributed by atoms with Crippen LogP contribution >= 0.6 is 24.0 Å². The molecule has 0 aliphatic heterocycles. The molecule has 1 aromatic rings. The second-order valence-corrected chi connectivity index (χ2v) is 5.84. The Morgan fingerprint density at radius 3 is 2.81 bits per heavy atom. The van der Waals surface area contributed by atoms with E-state index in [1.807, 2.05) is 23.9 Å². The molecule has 0 saturated heterocycles. The minimum absolute atomic E-state index is 0.481. The molecular weight excluding hydrogens is 234 g/mol. The highest BCUT2D eigenvalue weighted by molar-refractivity contribution is 7.98. The Balaban J connectivity index is 2.42. The summed E-state index contributed by atoms with van der Waals surface area (Å²) in [7, 11) is 0. The zero-order valence-electron chi connectivity index (χ0n) is 9.90. The van der Waals surface area contributed by atoms with Crippen molar-refractivity contribution in [1.29, 1.82) is 0 Å². The van der Waals surface area contributed by atoms with Crippen LogP contribution in [0.2, 0.25) is 0 Å². The van der Waals surface area contributed by atoms with Gasteiger partial charge in [0.2, 0.25) is 0 Å². The zero-order chi connectivity index (χ0) is 12.0. The smallest absolute Gasteiger partial charge is 0.103 e. The number of thioether (sulfide) groups is 1. The topological polar surface area (TPSA) is 26.0 Å². The van der Waals surface area contributed by atoms with E-state index in [-0.39, 0.29) is 0 Å². The maximum Gasteiger partial charge on any atom is 0.103 e. The second kappa shape index (κ2) is 6.92. The SMILES string of the molecule is CC(C)CCSCc1cccc(C(N)=S)c1. The van der Waals surface area contributed by atoms with E-state index < -0.39 is 0 Å². The molecule has 88 valence electrons. The quantitative estimate of drug-likeness (QED) is 0.619. The summed E-state index contributed by atoms with van der Waals surface area (Å²) in [5.74, 6) is 3.05. The highest BCUT2D eigenvalue weighted by atomic mass is 32.2. The van der Waals surface area contributed by atoms with E-state index in [9.17, 15) is 0 Å². The number of hydrogen-bond acceptors (Lipinski definition) is 2. The summed E-state index contributed by atoms with van der Waals surface area (Å²) in [5, 5.41) is 0. The lowest BCUT2D eigenvalue weighted by atomic mass is 10.1. The summed E-state index contributed by atoms with van der Waals surface area (Å²) < 4.78 is 0. The molecule has 2 N–H and O–H groups in total. The van der Waals surface area contributed by atoms with Crippen LogP contribution in [-0.4, -0.2) is 10.7 Å². The summed E-state index contributed by atoms with van der Waals surface area (Å²) >= 11 is 6.93. The molecular formula is C13H19NS2. The monoisotopic (exact) mass is 253 g/mol. The van der Waals surface area contributed by atoms with Crippen molar-refractivity contribution in [3.63, 3.8) is 0 Å². The predicted molar refractivity (Wildman–Crippen MR) is 77.9 cm³/mol. The van der Waals surface area contributed by atoms with Gasteiger partial charge in [0.15, 0.2) is 0 Å². The average Bonchev–Trinajstić information content (AvgIpc) is 2.24. The first-order valence-corrected chi connectivity index (χ1v) is 7.12. The van der Waals surface area contributed by atoms with Crippen molar-refractivity contribution in [2.45, 2.75) is 26.0 Å². The Bertz CT molecular complexity index is 348. The summed E-state index contributed by atoms with van der Waals surface area (Å²) in [6.45, 7) is 4.52. The molecule has 3 heteroatoms. The minimum atomic E-state index is 0.481. The van der Waals surface area contributed by atoms with Crippen molar-refractivity contribution < 1.29 is 0 Å². The maximum atomic E-state index is 5.60. The zero-order valence-corrected chi connectivity index (χ0v) is 11.5. The van der Waals surface area contributed by atoms with Crippen LogP contribution in [0.4, 0.5) is 0 Å². The van der Waals surface area contributed by atoms with E-state index in [1.165, 1.54) is 17.7 Å². The second-order valence-electron chi connectivity index (χ2n) is 4.30. The van der Waals surface area contributed by atoms with Crippen LogP contribution in [0.5, 0.6) is 0 Å². The molecule has 0 aliphatic rings. The largest absolute Gasteiger partial charge is 0.389 e. The molecule has 0 spiro atoms. The van der Waals surface area contributed by atoms with Gasteiger partial charge < -0.3 is 5.73 Å². The van der Waals surface area contributed by atoms with E-state index >= 15 is 0 Å². The third-order valence-electron chi connectivity index (χ3n) is 2.32. The summed E-state index contributed by atoms with van der Waals surface area (Å²) in [6, 6.07) is 8.20. The van der Waals surface area contributed by atoms with Gasteiger partial charge in [-0.3, -0.25) is 0 Å². The van der Waals surface area contributed by atoms with Crippen LogP contribution in [-0.2, 0) is 5.75 Å². The molecule has 0 aromatic heterocycles. The van der Waals surface area contributed by atoms with Crippen molar-refractivity contribution in [2.24, 2.45) is 11.7 Å². The van der Waals surface area contributed by atoms with Gasteiger partial charge in [-0.25, -0.2) is 0 Å². The average molecular weight is 253 g/mol. The molecule has 0 unspecified atom stereocenters.